The van der Waals surface area contributed by atoms with E-state index in [0.717, 1.165) is 61.3 Å². The van der Waals surface area contributed by atoms with Crippen LogP contribution in [0.5, 0.6) is 11.5 Å². The first kappa shape index (κ1) is 19.8. The molecule has 28 heavy (non-hydrogen) atoms. The summed E-state index contributed by atoms with van der Waals surface area (Å²) in [7, 11) is 0. The summed E-state index contributed by atoms with van der Waals surface area (Å²) < 4.78 is 12.0. The van der Waals surface area contributed by atoms with Crippen LogP contribution < -0.4 is 20.1 Å². The van der Waals surface area contributed by atoms with Crippen molar-refractivity contribution < 1.29 is 9.47 Å². The van der Waals surface area contributed by atoms with E-state index in [1.165, 1.54) is 12.8 Å². The van der Waals surface area contributed by atoms with Crippen LogP contribution >= 0.6 is 23.2 Å². The standard InChI is InChI=1S/C22H26Cl2N2O2/c23-19-4-3-18(22(24)7-19)14-28-21-6-16(9-25-10-17-11-26-12-17)5-20(8-21)27-13-15-1-2-15/h3-8,15,17,25-26H,1-2,9-14H2. The molecule has 1 saturated carbocycles. The second kappa shape index (κ2) is 9.36. The van der Waals surface area contributed by atoms with E-state index in [-0.39, 0.29) is 0 Å². The molecule has 2 aromatic carbocycles. The maximum Gasteiger partial charge on any atom is 0.123 e. The van der Waals surface area contributed by atoms with Gasteiger partial charge in [-0.05, 0) is 54.5 Å². The van der Waals surface area contributed by atoms with E-state index in [1.54, 1.807) is 6.07 Å². The predicted molar refractivity (Wildman–Crippen MR) is 114 cm³/mol. The van der Waals surface area contributed by atoms with Crippen LogP contribution in [0.3, 0.4) is 0 Å². The lowest BCUT2D eigenvalue weighted by atomic mass is 10.0. The number of nitrogens with one attached hydrogen (secondary N) is 2. The molecule has 0 bridgehead atoms. The summed E-state index contributed by atoms with van der Waals surface area (Å²) in [5.41, 5.74) is 2.07. The van der Waals surface area contributed by atoms with Crippen molar-refractivity contribution >= 4 is 23.2 Å². The Morgan fingerprint density at radius 3 is 2.43 bits per heavy atom. The Bertz CT molecular complexity index is 807. The summed E-state index contributed by atoms with van der Waals surface area (Å²) in [5.74, 6) is 3.11. The van der Waals surface area contributed by atoms with E-state index < -0.39 is 0 Å². The summed E-state index contributed by atoms with van der Waals surface area (Å²) >= 11 is 12.2. The topological polar surface area (TPSA) is 42.5 Å². The normalized spacial score (nSPS) is 16.6. The zero-order valence-corrected chi connectivity index (χ0v) is 17.4. The fraction of sp³-hybridized carbons (Fsp3) is 0.455. The first-order valence-corrected chi connectivity index (χ1v) is 10.7. The summed E-state index contributed by atoms with van der Waals surface area (Å²) in [4.78, 5) is 0. The van der Waals surface area contributed by atoms with E-state index in [0.29, 0.717) is 22.6 Å². The molecular weight excluding hydrogens is 395 g/mol. The number of hydrogen-bond acceptors (Lipinski definition) is 4. The molecule has 0 radical (unpaired) electrons. The number of hydrogen-bond donors (Lipinski definition) is 2. The Morgan fingerprint density at radius 2 is 1.75 bits per heavy atom. The van der Waals surface area contributed by atoms with Crippen LogP contribution in [0.2, 0.25) is 10.0 Å². The highest BCUT2D eigenvalue weighted by Gasteiger charge is 2.22. The molecule has 2 aliphatic rings. The van der Waals surface area contributed by atoms with Crippen molar-refractivity contribution in [2.45, 2.75) is 26.0 Å². The van der Waals surface area contributed by atoms with Gasteiger partial charge in [-0.1, -0.05) is 29.3 Å². The Labute approximate surface area is 176 Å². The highest BCUT2D eigenvalue weighted by molar-refractivity contribution is 6.35. The van der Waals surface area contributed by atoms with Crippen molar-refractivity contribution in [3.8, 4) is 11.5 Å². The monoisotopic (exact) mass is 420 g/mol. The Kier molecular flexibility index (Phi) is 6.63. The van der Waals surface area contributed by atoms with Crippen LogP contribution in [0.4, 0.5) is 0 Å². The molecule has 2 fully saturated rings. The molecule has 1 heterocycles. The molecule has 1 aliphatic carbocycles. The van der Waals surface area contributed by atoms with Crippen LogP contribution in [0.1, 0.15) is 24.0 Å². The van der Waals surface area contributed by atoms with E-state index >= 15 is 0 Å². The molecule has 0 spiro atoms. The minimum Gasteiger partial charge on any atom is -0.493 e. The van der Waals surface area contributed by atoms with Gasteiger partial charge < -0.3 is 20.1 Å². The summed E-state index contributed by atoms with van der Waals surface area (Å²) in [6.07, 6.45) is 2.55. The zero-order valence-electron chi connectivity index (χ0n) is 15.8. The minimum atomic E-state index is 0.392. The van der Waals surface area contributed by atoms with Gasteiger partial charge in [-0.3, -0.25) is 0 Å². The molecule has 150 valence electrons. The number of rotatable bonds is 10. The van der Waals surface area contributed by atoms with Gasteiger partial charge in [0.25, 0.3) is 0 Å². The molecule has 6 heteroatoms. The number of benzene rings is 2. The van der Waals surface area contributed by atoms with Gasteiger partial charge in [-0.15, -0.1) is 0 Å². The Balaban J connectivity index is 1.40. The van der Waals surface area contributed by atoms with E-state index in [1.807, 2.05) is 18.2 Å². The third-order valence-electron chi connectivity index (χ3n) is 5.16. The van der Waals surface area contributed by atoms with Crippen molar-refractivity contribution in [3.05, 3.63) is 57.6 Å². The summed E-state index contributed by atoms with van der Waals surface area (Å²) in [6.45, 7) is 5.21. The molecule has 0 unspecified atom stereocenters. The molecule has 2 N–H and O–H groups in total. The van der Waals surface area contributed by atoms with E-state index in [4.69, 9.17) is 32.7 Å². The van der Waals surface area contributed by atoms with Crippen LogP contribution in [0, 0.1) is 11.8 Å². The SMILES string of the molecule is Clc1ccc(COc2cc(CNCC3CNC3)cc(OCC3CC3)c2)c(Cl)c1. The summed E-state index contributed by atoms with van der Waals surface area (Å²) in [6, 6.07) is 11.6. The fourth-order valence-corrected chi connectivity index (χ4v) is 3.57. The molecule has 0 aromatic heterocycles. The maximum absolute atomic E-state index is 6.26. The molecule has 0 atom stereocenters. The van der Waals surface area contributed by atoms with Gasteiger partial charge >= 0.3 is 0 Å². The van der Waals surface area contributed by atoms with Gasteiger partial charge in [-0.2, -0.15) is 0 Å². The molecule has 1 aliphatic heterocycles. The highest BCUT2D eigenvalue weighted by Crippen LogP contribution is 2.31. The Hall–Kier alpha value is -1.46. The fourth-order valence-electron chi connectivity index (χ4n) is 3.11. The second-order valence-corrected chi connectivity index (χ2v) is 8.59. The van der Waals surface area contributed by atoms with Gasteiger partial charge in [0.05, 0.1) is 6.61 Å². The zero-order chi connectivity index (χ0) is 19.3. The summed E-state index contributed by atoms with van der Waals surface area (Å²) in [5, 5.41) is 8.08. The first-order chi connectivity index (χ1) is 13.7. The molecule has 1 saturated heterocycles. The van der Waals surface area contributed by atoms with Gasteiger partial charge in [-0.25, -0.2) is 0 Å². The van der Waals surface area contributed by atoms with Crippen LogP contribution in [0.25, 0.3) is 0 Å². The van der Waals surface area contributed by atoms with Gasteiger partial charge in [0, 0.05) is 47.9 Å². The van der Waals surface area contributed by atoms with E-state index in [9.17, 15) is 0 Å². The predicted octanol–water partition coefficient (Wildman–Crippen LogP) is 4.67. The van der Waals surface area contributed by atoms with Crippen molar-refractivity contribution in [2.75, 3.05) is 26.2 Å². The van der Waals surface area contributed by atoms with Crippen molar-refractivity contribution in [3.63, 3.8) is 0 Å². The van der Waals surface area contributed by atoms with E-state index in [2.05, 4.69) is 22.8 Å². The molecule has 4 rings (SSSR count). The van der Waals surface area contributed by atoms with Crippen LogP contribution in [-0.2, 0) is 13.2 Å². The van der Waals surface area contributed by atoms with Gasteiger partial charge in [0.2, 0.25) is 0 Å². The van der Waals surface area contributed by atoms with Crippen LogP contribution in [-0.4, -0.2) is 26.2 Å². The Morgan fingerprint density at radius 1 is 0.964 bits per heavy atom. The van der Waals surface area contributed by atoms with Gasteiger partial charge in [0.15, 0.2) is 0 Å². The lowest BCUT2D eigenvalue weighted by Gasteiger charge is -2.27. The largest absolute Gasteiger partial charge is 0.493 e. The third-order valence-corrected chi connectivity index (χ3v) is 5.75. The second-order valence-electron chi connectivity index (χ2n) is 7.75. The van der Waals surface area contributed by atoms with Gasteiger partial charge in [0.1, 0.15) is 18.1 Å². The number of ether oxygens (including phenoxy) is 2. The molecule has 4 nitrogen and oxygen atoms in total. The average Bonchev–Trinajstić information content (AvgIpc) is 3.46. The average molecular weight is 421 g/mol. The van der Waals surface area contributed by atoms with Crippen molar-refractivity contribution in [2.24, 2.45) is 11.8 Å². The van der Waals surface area contributed by atoms with Crippen molar-refractivity contribution in [1.29, 1.82) is 0 Å². The smallest absolute Gasteiger partial charge is 0.123 e. The third kappa shape index (κ3) is 5.77. The minimum absolute atomic E-state index is 0.392. The molecule has 0 amide bonds. The number of halogens is 2. The highest BCUT2D eigenvalue weighted by atomic mass is 35.5. The quantitative estimate of drug-likeness (QED) is 0.585. The molecule has 2 aromatic rings. The van der Waals surface area contributed by atoms with Crippen LogP contribution in [0.15, 0.2) is 36.4 Å². The lowest BCUT2D eigenvalue weighted by molar-refractivity contribution is 0.286. The lowest BCUT2D eigenvalue weighted by Crippen LogP contribution is -2.47. The first-order valence-electron chi connectivity index (χ1n) is 9.90. The maximum atomic E-state index is 6.26. The van der Waals surface area contributed by atoms with Crippen molar-refractivity contribution in [1.82, 2.24) is 10.6 Å². The molecular formula is C22H26Cl2N2O2.